The molecule has 0 saturated carbocycles. The molecule has 1 aliphatic heterocycles. The Morgan fingerprint density at radius 2 is 2.07 bits per heavy atom. The van der Waals surface area contributed by atoms with Crippen molar-refractivity contribution in [1.29, 1.82) is 0 Å². The molecule has 0 bridgehead atoms. The Labute approximate surface area is 169 Å². The molecule has 152 valence electrons. The van der Waals surface area contributed by atoms with Crippen molar-refractivity contribution in [3.05, 3.63) is 59.7 Å². The molecule has 0 N–H and O–H groups in total. The predicted octanol–water partition coefficient (Wildman–Crippen LogP) is 2.69. The largest absolute Gasteiger partial charge is 0.342 e. The number of pyridine rings is 1. The first-order valence-corrected chi connectivity index (χ1v) is 10.0. The van der Waals surface area contributed by atoms with Gasteiger partial charge in [0, 0.05) is 37.1 Å². The lowest BCUT2D eigenvalue weighted by Crippen LogP contribution is -2.30. The summed E-state index contributed by atoms with van der Waals surface area (Å²) in [5.41, 5.74) is 2.34. The molecule has 29 heavy (non-hydrogen) atoms. The second-order valence-corrected chi connectivity index (χ2v) is 7.88. The zero-order valence-electron chi connectivity index (χ0n) is 16.9. The molecule has 1 atom stereocenters. The Bertz CT molecular complexity index is 1020. The normalized spacial score (nSPS) is 16.8. The van der Waals surface area contributed by atoms with Gasteiger partial charge in [0.05, 0.1) is 18.7 Å². The van der Waals surface area contributed by atoms with Gasteiger partial charge in [-0.05, 0) is 44.3 Å². The first-order valence-electron chi connectivity index (χ1n) is 10.0. The average molecular weight is 395 g/mol. The van der Waals surface area contributed by atoms with Gasteiger partial charge in [-0.15, -0.1) is 0 Å². The van der Waals surface area contributed by atoms with Crippen molar-refractivity contribution in [3.63, 3.8) is 0 Å². The number of hydrogen-bond donors (Lipinski definition) is 0. The van der Waals surface area contributed by atoms with Gasteiger partial charge >= 0.3 is 0 Å². The van der Waals surface area contributed by atoms with Crippen LogP contribution in [0.2, 0.25) is 0 Å². The Morgan fingerprint density at radius 1 is 1.24 bits per heavy atom. The lowest BCUT2D eigenvalue weighted by atomic mass is 10.0. The fourth-order valence-corrected chi connectivity index (χ4v) is 3.91. The maximum Gasteiger partial charge on any atom is 0.227 e. The maximum absolute atomic E-state index is 13.9. The molecule has 1 unspecified atom stereocenters. The van der Waals surface area contributed by atoms with Crippen molar-refractivity contribution < 1.29 is 9.18 Å². The Balaban J connectivity index is 1.51. The van der Waals surface area contributed by atoms with E-state index in [-0.39, 0.29) is 24.1 Å². The first-order chi connectivity index (χ1) is 14.0. The van der Waals surface area contributed by atoms with Crippen molar-refractivity contribution in [2.24, 2.45) is 0 Å². The summed E-state index contributed by atoms with van der Waals surface area (Å²) in [5, 5.41) is 5.92. The van der Waals surface area contributed by atoms with Crippen LogP contribution in [-0.4, -0.2) is 64.2 Å². The number of aromatic nitrogens is 3. The second kappa shape index (κ2) is 8.29. The van der Waals surface area contributed by atoms with Gasteiger partial charge in [-0.25, -0.2) is 14.1 Å². The molecule has 3 heterocycles. The third-order valence-corrected chi connectivity index (χ3v) is 5.52. The molecule has 2 aromatic heterocycles. The van der Waals surface area contributed by atoms with Crippen LogP contribution < -0.4 is 0 Å². The molecule has 1 aliphatic rings. The predicted molar refractivity (Wildman–Crippen MR) is 110 cm³/mol. The van der Waals surface area contributed by atoms with Crippen LogP contribution in [0.4, 0.5) is 4.39 Å². The minimum atomic E-state index is -0.326. The van der Waals surface area contributed by atoms with Crippen LogP contribution in [0.5, 0.6) is 0 Å². The van der Waals surface area contributed by atoms with Crippen molar-refractivity contribution in [2.45, 2.75) is 25.3 Å². The van der Waals surface area contributed by atoms with Crippen LogP contribution in [0.15, 0.2) is 42.6 Å². The molecule has 1 saturated heterocycles. The van der Waals surface area contributed by atoms with E-state index >= 15 is 0 Å². The van der Waals surface area contributed by atoms with Gasteiger partial charge in [0.1, 0.15) is 5.82 Å². The Hall–Kier alpha value is -2.80. The van der Waals surface area contributed by atoms with Crippen molar-refractivity contribution in [2.75, 3.05) is 33.7 Å². The number of fused-ring (bicyclic) bond motifs is 1. The molecule has 7 heteroatoms. The summed E-state index contributed by atoms with van der Waals surface area (Å²) in [6.45, 7) is 2.93. The highest BCUT2D eigenvalue weighted by Crippen LogP contribution is 2.31. The minimum absolute atomic E-state index is 0.0351. The number of rotatable bonds is 6. The Morgan fingerprint density at radius 3 is 2.86 bits per heavy atom. The molecular weight excluding hydrogens is 369 g/mol. The van der Waals surface area contributed by atoms with Crippen LogP contribution in [0, 0.1) is 5.82 Å². The fraction of sp³-hybridized carbons (Fsp3) is 0.409. The number of carbonyl (C=O) groups is 1. The van der Waals surface area contributed by atoms with Crippen LogP contribution in [-0.2, 0) is 17.8 Å². The Kier molecular flexibility index (Phi) is 5.58. The third-order valence-electron chi connectivity index (χ3n) is 5.52. The summed E-state index contributed by atoms with van der Waals surface area (Å²) in [4.78, 5) is 21.2. The van der Waals surface area contributed by atoms with Crippen molar-refractivity contribution in [3.8, 4) is 0 Å². The van der Waals surface area contributed by atoms with Crippen LogP contribution in [0.1, 0.15) is 23.6 Å². The van der Waals surface area contributed by atoms with Gasteiger partial charge in [-0.3, -0.25) is 4.79 Å². The number of likely N-dealkylation sites (N-methyl/N-ethyl adjacent to an activating group) is 1. The monoisotopic (exact) mass is 395 g/mol. The maximum atomic E-state index is 13.9. The van der Waals surface area contributed by atoms with E-state index in [0.29, 0.717) is 18.7 Å². The standard InChI is InChI=1S/C22H26FN5O/c1-26(2)12-13-28-22-18(7-5-10-24-22)21(25-28)17-9-11-27(15-17)20(29)14-16-6-3-4-8-19(16)23/h3-8,10,17H,9,11-15H2,1-2H3. The number of nitrogens with zero attached hydrogens (tertiary/aromatic N) is 5. The highest BCUT2D eigenvalue weighted by molar-refractivity contribution is 5.81. The lowest BCUT2D eigenvalue weighted by Gasteiger charge is -2.16. The topological polar surface area (TPSA) is 54.3 Å². The highest BCUT2D eigenvalue weighted by Gasteiger charge is 2.31. The van der Waals surface area contributed by atoms with Crippen molar-refractivity contribution >= 4 is 16.9 Å². The highest BCUT2D eigenvalue weighted by atomic mass is 19.1. The average Bonchev–Trinajstić information content (AvgIpc) is 3.33. The van der Waals surface area contributed by atoms with Gasteiger partial charge < -0.3 is 9.80 Å². The molecule has 0 spiro atoms. The number of carbonyl (C=O) groups excluding carboxylic acids is 1. The van der Waals surface area contributed by atoms with E-state index in [4.69, 9.17) is 5.10 Å². The van der Waals surface area contributed by atoms with E-state index in [0.717, 1.165) is 36.2 Å². The van der Waals surface area contributed by atoms with E-state index in [9.17, 15) is 9.18 Å². The van der Waals surface area contributed by atoms with Crippen LogP contribution >= 0.6 is 0 Å². The number of amides is 1. The molecule has 6 nitrogen and oxygen atoms in total. The molecule has 1 aromatic carbocycles. The van der Waals surface area contributed by atoms with E-state index in [2.05, 4.69) is 16.0 Å². The zero-order valence-corrected chi connectivity index (χ0v) is 16.9. The van der Waals surface area contributed by atoms with E-state index < -0.39 is 0 Å². The third kappa shape index (κ3) is 4.15. The zero-order chi connectivity index (χ0) is 20.4. The van der Waals surface area contributed by atoms with Crippen LogP contribution in [0.3, 0.4) is 0 Å². The number of likely N-dealkylation sites (tertiary alicyclic amines) is 1. The van der Waals surface area contributed by atoms with Gasteiger partial charge in [-0.1, -0.05) is 18.2 Å². The summed E-state index contributed by atoms with van der Waals surface area (Å²) in [5.74, 6) is -0.188. The van der Waals surface area contributed by atoms with Crippen LogP contribution in [0.25, 0.3) is 11.0 Å². The van der Waals surface area contributed by atoms with Crippen molar-refractivity contribution in [1.82, 2.24) is 24.6 Å². The summed E-state index contributed by atoms with van der Waals surface area (Å²) < 4.78 is 15.9. The molecule has 1 fully saturated rings. The van der Waals surface area contributed by atoms with Gasteiger partial charge in [0.25, 0.3) is 0 Å². The first kappa shape index (κ1) is 19.5. The SMILES string of the molecule is CN(C)CCn1nc(C2CCN(C(=O)Cc3ccccc3F)C2)c2cccnc21. The van der Waals surface area contributed by atoms with E-state index in [1.54, 1.807) is 24.4 Å². The molecule has 0 radical (unpaired) electrons. The molecular formula is C22H26FN5O. The summed E-state index contributed by atoms with van der Waals surface area (Å²) in [6.07, 6.45) is 2.75. The fourth-order valence-electron chi connectivity index (χ4n) is 3.91. The van der Waals surface area contributed by atoms with Gasteiger partial charge in [-0.2, -0.15) is 5.10 Å². The quantitative estimate of drug-likeness (QED) is 0.644. The summed E-state index contributed by atoms with van der Waals surface area (Å²) >= 11 is 0. The van der Waals surface area contributed by atoms with Gasteiger partial charge in [0.15, 0.2) is 5.65 Å². The van der Waals surface area contributed by atoms with Gasteiger partial charge in [0.2, 0.25) is 5.91 Å². The number of benzene rings is 1. The summed E-state index contributed by atoms with van der Waals surface area (Å²) in [6, 6.07) is 10.5. The minimum Gasteiger partial charge on any atom is -0.342 e. The molecule has 4 rings (SSSR count). The smallest absolute Gasteiger partial charge is 0.227 e. The number of hydrogen-bond acceptors (Lipinski definition) is 4. The van der Waals surface area contributed by atoms with E-state index in [1.165, 1.54) is 6.07 Å². The number of halogens is 1. The lowest BCUT2D eigenvalue weighted by molar-refractivity contribution is -0.129. The molecule has 3 aromatic rings. The second-order valence-electron chi connectivity index (χ2n) is 7.88. The van der Waals surface area contributed by atoms with E-state index in [1.807, 2.05) is 29.7 Å². The summed E-state index contributed by atoms with van der Waals surface area (Å²) in [7, 11) is 4.08. The molecule has 1 amide bonds. The molecule has 0 aliphatic carbocycles.